The van der Waals surface area contributed by atoms with Crippen LogP contribution in [0.3, 0.4) is 0 Å². The lowest BCUT2D eigenvalue weighted by atomic mass is 10.1. The second-order valence-corrected chi connectivity index (χ2v) is 6.48. The van der Waals surface area contributed by atoms with Gasteiger partial charge >= 0.3 is 0 Å². The summed E-state index contributed by atoms with van der Waals surface area (Å²) in [5.74, 6) is 0.685. The van der Waals surface area contributed by atoms with Crippen molar-refractivity contribution in [3.05, 3.63) is 24.3 Å². The number of hydrogen-bond donors (Lipinski definition) is 0. The molecule has 1 aliphatic rings. The van der Waals surface area contributed by atoms with Crippen LogP contribution in [0.4, 0.5) is 5.69 Å². The Morgan fingerprint density at radius 2 is 2.06 bits per heavy atom. The van der Waals surface area contributed by atoms with Gasteiger partial charge in [0, 0.05) is 10.1 Å². The van der Waals surface area contributed by atoms with Gasteiger partial charge < -0.3 is 0 Å². The van der Waals surface area contributed by atoms with Gasteiger partial charge in [-0.2, -0.15) is 0 Å². The van der Waals surface area contributed by atoms with Gasteiger partial charge in [0.15, 0.2) is 0 Å². The lowest BCUT2D eigenvalue weighted by Crippen LogP contribution is -2.15. The average molecular weight is 251 g/mol. The Kier molecular flexibility index (Phi) is 3.98. The molecule has 0 spiro atoms. The summed E-state index contributed by atoms with van der Waals surface area (Å²) in [5.41, 5.74) is 1.13. The van der Waals surface area contributed by atoms with E-state index in [-0.39, 0.29) is 0 Å². The van der Waals surface area contributed by atoms with E-state index < -0.39 is 0 Å². The molecule has 2 unspecified atom stereocenters. The second-order valence-electron chi connectivity index (χ2n) is 4.18. The van der Waals surface area contributed by atoms with E-state index >= 15 is 0 Å². The Morgan fingerprint density at radius 3 is 2.81 bits per heavy atom. The lowest BCUT2D eigenvalue weighted by molar-refractivity contribution is 0.604. The minimum atomic E-state index is 0.652. The average Bonchev–Trinajstić information content (AvgIpc) is 2.28. The monoisotopic (exact) mass is 251 g/mol. The van der Waals surface area contributed by atoms with Crippen LogP contribution in [0, 0.1) is 5.92 Å². The Bertz CT molecular complexity index is 401. The second kappa shape index (κ2) is 5.28. The standard InChI is InChI=1S/C13H17NS2/c1-9-8-13(15-3)14-11-6-4-5-7-12(11)16-10(9)2/h4-7,9-10H,8H2,1-3H3. The molecule has 2 atom stereocenters. The smallest absolute Gasteiger partial charge is 0.0775 e. The van der Waals surface area contributed by atoms with Gasteiger partial charge in [0.05, 0.1) is 10.7 Å². The molecule has 1 aliphatic heterocycles. The van der Waals surface area contributed by atoms with Gasteiger partial charge in [-0.1, -0.05) is 26.0 Å². The highest BCUT2D eigenvalue weighted by Crippen LogP contribution is 2.38. The summed E-state index contributed by atoms with van der Waals surface area (Å²) in [6, 6.07) is 8.45. The van der Waals surface area contributed by atoms with Crippen molar-refractivity contribution in [2.45, 2.75) is 30.4 Å². The summed E-state index contributed by atoms with van der Waals surface area (Å²) in [5, 5.41) is 1.91. The molecule has 1 aromatic rings. The first-order valence-electron chi connectivity index (χ1n) is 5.58. The number of aliphatic imine (C=N–C) groups is 1. The summed E-state index contributed by atoms with van der Waals surface area (Å²) < 4.78 is 0. The van der Waals surface area contributed by atoms with E-state index in [0.29, 0.717) is 11.2 Å². The number of fused-ring (bicyclic) bond motifs is 1. The molecule has 1 aromatic carbocycles. The Labute approximate surface area is 106 Å². The number of thioether (sulfide) groups is 2. The van der Waals surface area contributed by atoms with Gasteiger partial charge in [-0.25, -0.2) is 4.99 Å². The zero-order valence-corrected chi connectivity index (χ0v) is 11.6. The fourth-order valence-electron chi connectivity index (χ4n) is 1.72. The molecule has 0 aliphatic carbocycles. The van der Waals surface area contributed by atoms with Crippen LogP contribution in [0.2, 0.25) is 0 Å². The molecular weight excluding hydrogens is 234 g/mol. The SMILES string of the molecule is CSC1=Nc2ccccc2SC(C)C(C)C1. The van der Waals surface area contributed by atoms with Crippen LogP contribution in [-0.4, -0.2) is 16.5 Å². The first kappa shape index (κ1) is 12.1. The molecule has 0 N–H and O–H groups in total. The molecule has 1 heterocycles. The van der Waals surface area contributed by atoms with Crippen molar-refractivity contribution in [2.24, 2.45) is 10.9 Å². The molecule has 0 aromatic heterocycles. The van der Waals surface area contributed by atoms with Crippen LogP contribution in [0.1, 0.15) is 20.3 Å². The molecular formula is C13H17NS2. The van der Waals surface area contributed by atoms with Crippen molar-refractivity contribution in [3.8, 4) is 0 Å². The van der Waals surface area contributed by atoms with Gasteiger partial charge in [0.2, 0.25) is 0 Å². The highest BCUT2D eigenvalue weighted by Gasteiger charge is 2.19. The summed E-state index contributed by atoms with van der Waals surface area (Å²) in [4.78, 5) is 6.07. The normalized spacial score (nSPS) is 25.3. The number of rotatable bonds is 0. The first-order chi connectivity index (χ1) is 7.70. The van der Waals surface area contributed by atoms with Crippen molar-refractivity contribution in [1.29, 1.82) is 0 Å². The van der Waals surface area contributed by atoms with Crippen LogP contribution in [0.5, 0.6) is 0 Å². The molecule has 0 fully saturated rings. The lowest BCUT2D eigenvalue weighted by Gasteiger charge is -2.23. The van der Waals surface area contributed by atoms with Crippen LogP contribution in [0.25, 0.3) is 0 Å². The van der Waals surface area contributed by atoms with Gasteiger partial charge in [-0.05, 0) is 30.7 Å². The predicted octanol–water partition coefficient (Wildman–Crippen LogP) is 4.60. The Hall–Kier alpha value is -0.410. The first-order valence-corrected chi connectivity index (χ1v) is 7.68. The number of benzene rings is 1. The van der Waals surface area contributed by atoms with E-state index in [0.717, 1.165) is 12.1 Å². The van der Waals surface area contributed by atoms with Gasteiger partial charge in [-0.15, -0.1) is 23.5 Å². The third kappa shape index (κ3) is 2.64. The molecule has 0 bridgehead atoms. The molecule has 86 valence electrons. The molecule has 2 rings (SSSR count). The van der Waals surface area contributed by atoms with Crippen molar-refractivity contribution < 1.29 is 0 Å². The molecule has 0 radical (unpaired) electrons. The molecule has 3 heteroatoms. The Morgan fingerprint density at radius 1 is 1.31 bits per heavy atom. The van der Waals surface area contributed by atoms with Gasteiger partial charge in [-0.3, -0.25) is 0 Å². The summed E-state index contributed by atoms with van der Waals surface area (Å²) in [6.07, 6.45) is 3.22. The van der Waals surface area contributed by atoms with Crippen LogP contribution in [-0.2, 0) is 0 Å². The molecule has 16 heavy (non-hydrogen) atoms. The number of hydrogen-bond acceptors (Lipinski definition) is 3. The van der Waals surface area contributed by atoms with Crippen molar-refractivity contribution in [2.75, 3.05) is 6.26 Å². The number of nitrogens with zero attached hydrogens (tertiary/aromatic N) is 1. The van der Waals surface area contributed by atoms with E-state index in [4.69, 9.17) is 4.99 Å². The van der Waals surface area contributed by atoms with E-state index in [1.165, 1.54) is 9.94 Å². The maximum absolute atomic E-state index is 4.76. The Balaban J connectivity index is 2.42. The third-order valence-electron chi connectivity index (χ3n) is 2.96. The summed E-state index contributed by atoms with van der Waals surface area (Å²) in [7, 11) is 0. The topological polar surface area (TPSA) is 12.4 Å². The zero-order chi connectivity index (χ0) is 11.5. The molecule has 0 saturated carbocycles. The fraction of sp³-hybridized carbons (Fsp3) is 0.462. The zero-order valence-electron chi connectivity index (χ0n) is 9.93. The quantitative estimate of drug-likeness (QED) is 0.668. The van der Waals surface area contributed by atoms with Crippen LogP contribution >= 0.6 is 23.5 Å². The predicted molar refractivity (Wildman–Crippen MR) is 76.2 cm³/mol. The van der Waals surface area contributed by atoms with Crippen molar-refractivity contribution in [3.63, 3.8) is 0 Å². The van der Waals surface area contributed by atoms with Crippen LogP contribution < -0.4 is 0 Å². The molecule has 0 saturated heterocycles. The molecule has 0 amide bonds. The van der Waals surface area contributed by atoms with Gasteiger partial charge in [0.1, 0.15) is 0 Å². The minimum Gasteiger partial charge on any atom is -0.245 e. The van der Waals surface area contributed by atoms with E-state index in [1.54, 1.807) is 11.8 Å². The highest BCUT2D eigenvalue weighted by molar-refractivity contribution is 8.13. The fourth-order valence-corrected chi connectivity index (χ4v) is 3.46. The maximum Gasteiger partial charge on any atom is 0.0775 e. The van der Waals surface area contributed by atoms with E-state index in [2.05, 4.69) is 44.4 Å². The minimum absolute atomic E-state index is 0.652. The van der Waals surface area contributed by atoms with Crippen molar-refractivity contribution in [1.82, 2.24) is 0 Å². The third-order valence-corrected chi connectivity index (χ3v) is 5.12. The highest BCUT2D eigenvalue weighted by atomic mass is 32.2. The summed E-state index contributed by atoms with van der Waals surface area (Å²) in [6.45, 7) is 4.63. The number of para-hydroxylation sites is 1. The van der Waals surface area contributed by atoms with Crippen molar-refractivity contribution >= 4 is 34.3 Å². The summed E-state index contributed by atoms with van der Waals surface area (Å²) >= 11 is 3.73. The maximum atomic E-state index is 4.76. The van der Waals surface area contributed by atoms with Gasteiger partial charge in [0.25, 0.3) is 0 Å². The van der Waals surface area contributed by atoms with Crippen LogP contribution in [0.15, 0.2) is 34.2 Å². The largest absolute Gasteiger partial charge is 0.245 e. The van der Waals surface area contributed by atoms with E-state index in [9.17, 15) is 0 Å². The molecule has 1 nitrogen and oxygen atoms in total. The van der Waals surface area contributed by atoms with E-state index in [1.807, 2.05) is 11.8 Å².